The number of anilines is 1. The van der Waals surface area contributed by atoms with Gasteiger partial charge in [-0.25, -0.2) is 4.79 Å². The number of aryl methyl sites for hydroxylation is 1. The van der Waals surface area contributed by atoms with E-state index in [1.807, 2.05) is 48.0 Å². The zero-order chi connectivity index (χ0) is 26.9. The summed E-state index contributed by atoms with van der Waals surface area (Å²) in [5, 5.41) is 23.4. The number of nitrogens with zero attached hydrogens (tertiary/aromatic N) is 3. The molecular formula is C26H31N5O6S. The fourth-order valence-corrected chi connectivity index (χ4v) is 4.76. The Morgan fingerprint density at radius 1 is 1.13 bits per heavy atom. The predicted octanol–water partition coefficient (Wildman–Crippen LogP) is 3.33. The molecule has 2 heterocycles. The average molecular weight is 542 g/mol. The van der Waals surface area contributed by atoms with Gasteiger partial charge in [0.15, 0.2) is 11.4 Å². The van der Waals surface area contributed by atoms with Crippen molar-refractivity contribution in [3.8, 4) is 0 Å². The Labute approximate surface area is 224 Å². The normalized spacial score (nSPS) is 19.1. The molecule has 0 aliphatic carbocycles. The van der Waals surface area contributed by atoms with E-state index in [1.165, 1.54) is 0 Å². The van der Waals surface area contributed by atoms with Gasteiger partial charge in [-0.05, 0) is 30.2 Å². The van der Waals surface area contributed by atoms with E-state index in [9.17, 15) is 14.7 Å². The van der Waals surface area contributed by atoms with Crippen LogP contribution in [0.15, 0.2) is 60.0 Å². The van der Waals surface area contributed by atoms with Gasteiger partial charge in [0.05, 0.1) is 25.4 Å². The highest BCUT2D eigenvalue weighted by molar-refractivity contribution is 7.99. The molecule has 3 aromatic rings. The third kappa shape index (κ3) is 7.54. The van der Waals surface area contributed by atoms with Crippen molar-refractivity contribution < 1.29 is 28.9 Å². The number of urea groups is 1. The van der Waals surface area contributed by atoms with E-state index in [-0.39, 0.29) is 32.0 Å². The van der Waals surface area contributed by atoms with E-state index in [4.69, 9.17) is 14.2 Å². The Kier molecular flexibility index (Phi) is 9.71. The van der Waals surface area contributed by atoms with Crippen LogP contribution in [-0.4, -0.2) is 56.9 Å². The van der Waals surface area contributed by atoms with Crippen LogP contribution < -0.4 is 10.6 Å². The van der Waals surface area contributed by atoms with Crippen molar-refractivity contribution in [1.82, 2.24) is 20.1 Å². The number of carbonyl (C=O) groups excluding carboxylic acids is 2. The lowest BCUT2D eigenvalue weighted by Crippen LogP contribution is -2.34. The number of aliphatic hydroxyl groups is 1. The summed E-state index contributed by atoms with van der Waals surface area (Å²) < 4.78 is 19.3. The van der Waals surface area contributed by atoms with Gasteiger partial charge in [0.2, 0.25) is 0 Å². The van der Waals surface area contributed by atoms with Crippen LogP contribution in [0.4, 0.5) is 10.5 Å². The maximum atomic E-state index is 12.1. The topological polar surface area (TPSA) is 137 Å². The first-order chi connectivity index (χ1) is 18.4. The van der Waals surface area contributed by atoms with Crippen LogP contribution in [0.3, 0.4) is 0 Å². The van der Waals surface area contributed by atoms with E-state index in [0.717, 1.165) is 21.8 Å². The Balaban J connectivity index is 1.43. The maximum absolute atomic E-state index is 12.1. The van der Waals surface area contributed by atoms with Gasteiger partial charge in [-0.2, -0.15) is 0 Å². The molecule has 0 bridgehead atoms. The van der Waals surface area contributed by atoms with Gasteiger partial charge in [-0.3, -0.25) is 4.79 Å². The number of esters is 1. The van der Waals surface area contributed by atoms with Crippen molar-refractivity contribution in [2.45, 2.75) is 43.6 Å². The van der Waals surface area contributed by atoms with E-state index in [1.54, 1.807) is 37.1 Å². The molecule has 0 saturated carbocycles. The Bertz CT molecular complexity index is 1200. The average Bonchev–Trinajstić information content (AvgIpc) is 3.35. The van der Waals surface area contributed by atoms with E-state index < -0.39 is 18.3 Å². The van der Waals surface area contributed by atoms with Gasteiger partial charge in [0.25, 0.3) is 0 Å². The summed E-state index contributed by atoms with van der Waals surface area (Å²) in [6, 6.07) is 14.3. The second-order valence-corrected chi connectivity index (χ2v) is 9.61. The number of aliphatic hydroxyl groups excluding tert-OH is 1. The lowest BCUT2D eigenvalue weighted by atomic mass is 10.0. The summed E-state index contributed by atoms with van der Waals surface area (Å²) in [6.45, 7) is 1.72. The molecule has 0 unspecified atom stereocenters. The molecule has 1 aliphatic heterocycles. The first-order valence-electron chi connectivity index (χ1n) is 12.2. The maximum Gasteiger partial charge on any atom is 0.325 e. The van der Waals surface area contributed by atoms with Crippen LogP contribution in [0, 0.1) is 0 Å². The number of ether oxygens (including phenoxy) is 3. The highest BCUT2D eigenvalue weighted by Gasteiger charge is 2.32. The zero-order valence-corrected chi connectivity index (χ0v) is 22.0. The van der Waals surface area contributed by atoms with Crippen LogP contribution in [0.1, 0.15) is 42.4 Å². The highest BCUT2D eigenvalue weighted by atomic mass is 32.2. The van der Waals surface area contributed by atoms with Crippen LogP contribution in [0.5, 0.6) is 0 Å². The molecule has 3 atom stereocenters. The molecule has 38 heavy (non-hydrogen) atoms. The summed E-state index contributed by atoms with van der Waals surface area (Å²) in [5.41, 5.74) is 3.19. The molecular weight excluding hydrogens is 510 g/mol. The lowest BCUT2D eigenvalue weighted by Gasteiger charge is -2.36. The molecule has 11 nitrogen and oxygen atoms in total. The second-order valence-electron chi connectivity index (χ2n) is 8.62. The molecule has 2 aromatic carbocycles. The van der Waals surface area contributed by atoms with Gasteiger partial charge in [0.1, 0.15) is 12.9 Å². The molecule has 4 rings (SSSR count). The Hall–Kier alpha value is -3.45. The SMILES string of the molecule is CCOC(=O)CNC(=O)Nc1ccc([C@@H]2O[C@H](CSc3nncn3C)C[C@H](c3ccc(CO)cc3)O2)cc1. The fourth-order valence-electron chi connectivity index (χ4n) is 3.86. The summed E-state index contributed by atoms with van der Waals surface area (Å²) in [6.07, 6.45) is 1.36. The molecule has 1 fully saturated rings. The predicted molar refractivity (Wildman–Crippen MR) is 140 cm³/mol. The van der Waals surface area contributed by atoms with Gasteiger partial charge >= 0.3 is 12.0 Å². The molecule has 202 valence electrons. The number of amides is 2. The number of carbonyl (C=O) groups is 2. The molecule has 12 heteroatoms. The van der Waals surface area contributed by atoms with Crippen LogP contribution in [0.25, 0.3) is 0 Å². The molecule has 1 aliphatic rings. The van der Waals surface area contributed by atoms with Crippen LogP contribution in [-0.2, 0) is 32.7 Å². The number of hydrogen-bond donors (Lipinski definition) is 3. The minimum atomic E-state index is -0.622. The lowest BCUT2D eigenvalue weighted by molar-refractivity contribution is -0.245. The van der Waals surface area contributed by atoms with E-state index >= 15 is 0 Å². The van der Waals surface area contributed by atoms with E-state index in [0.29, 0.717) is 17.9 Å². The molecule has 1 saturated heterocycles. The smallest absolute Gasteiger partial charge is 0.325 e. The van der Waals surface area contributed by atoms with E-state index in [2.05, 4.69) is 20.8 Å². The first-order valence-corrected chi connectivity index (χ1v) is 13.2. The third-order valence-corrected chi connectivity index (χ3v) is 6.99. The molecule has 2 amide bonds. The van der Waals surface area contributed by atoms with Crippen LogP contribution >= 0.6 is 11.8 Å². The quantitative estimate of drug-likeness (QED) is 0.261. The number of nitrogens with one attached hydrogen (secondary N) is 2. The largest absolute Gasteiger partial charge is 0.465 e. The Morgan fingerprint density at radius 2 is 1.87 bits per heavy atom. The minimum Gasteiger partial charge on any atom is -0.465 e. The minimum absolute atomic E-state index is 0.0181. The monoisotopic (exact) mass is 541 g/mol. The highest BCUT2D eigenvalue weighted by Crippen LogP contribution is 2.39. The second kappa shape index (κ2) is 13.4. The van der Waals surface area contributed by atoms with Gasteiger partial charge in [0, 0.05) is 30.5 Å². The van der Waals surface area contributed by atoms with Crippen molar-refractivity contribution in [3.05, 3.63) is 71.5 Å². The van der Waals surface area contributed by atoms with Gasteiger partial charge < -0.3 is 34.5 Å². The van der Waals surface area contributed by atoms with Gasteiger partial charge in [-0.15, -0.1) is 10.2 Å². The molecule has 1 aromatic heterocycles. The molecule has 0 spiro atoms. The van der Waals surface area contributed by atoms with Gasteiger partial charge in [-0.1, -0.05) is 48.2 Å². The summed E-state index contributed by atoms with van der Waals surface area (Å²) in [7, 11) is 1.90. The van der Waals surface area contributed by atoms with Crippen molar-refractivity contribution in [2.75, 3.05) is 24.2 Å². The van der Waals surface area contributed by atoms with Crippen molar-refractivity contribution in [1.29, 1.82) is 0 Å². The molecule has 0 radical (unpaired) electrons. The zero-order valence-electron chi connectivity index (χ0n) is 21.2. The summed E-state index contributed by atoms with van der Waals surface area (Å²) >= 11 is 1.57. The Morgan fingerprint density at radius 3 is 2.53 bits per heavy atom. The number of rotatable bonds is 10. The van der Waals surface area contributed by atoms with Crippen molar-refractivity contribution in [3.63, 3.8) is 0 Å². The summed E-state index contributed by atoms with van der Waals surface area (Å²) in [5.74, 6) is 0.162. The number of benzene rings is 2. The van der Waals surface area contributed by atoms with Crippen molar-refractivity contribution in [2.24, 2.45) is 7.05 Å². The molecule has 3 N–H and O–H groups in total. The van der Waals surface area contributed by atoms with Crippen LogP contribution in [0.2, 0.25) is 0 Å². The number of aromatic nitrogens is 3. The fraction of sp³-hybridized carbons (Fsp3) is 0.385. The number of hydrogen-bond acceptors (Lipinski definition) is 9. The first kappa shape index (κ1) is 27.6. The van der Waals surface area contributed by atoms with Crippen molar-refractivity contribution >= 4 is 29.4 Å². The standard InChI is InChI=1S/C26H31N5O6S/c1-3-35-23(33)13-27-25(34)29-20-10-8-19(9-11-20)24-36-21(15-38-26-30-28-16-31(26)2)12-22(37-24)18-6-4-17(14-32)5-7-18/h4-11,16,21-22,24,32H,3,12-15H2,1-2H3,(H2,27,29,34)/t21-,22+,24+/m0/s1. The summed E-state index contributed by atoms with van der Waals surface area (Å²) in [4.78, 5) is 23.5. The third-order valence-electron chi connectivity index (χ3n) is 5.82. The number of thioether (sulfide) groups is 1.